The molecule has 96 valence electrons. The average molecular weight is 250 g/mol. The van der Waals surface area contributed by atoms with Crippen LogP contribution in [0.15, 0.2) is 18.2 Å². The Morgan fingerprint density at radius 2 is 2.28 bits per heavy atom. The van der Waals surface area contributed by atoms with E-state index >= 15 is 0 Å². The smallest absolute Gasteiger partial charge is 0.154 e. The molecule has 2 rings (SSSR count). The fourth-order valence-corrected chi connectivity index (χ4v) is 1.59. The first-order valence-electron chi connectivity index (χ1n) is 5.64. The molecule has 0 aliphatic heterocycles. The van der Waals surface area contributed by atoms with Gasteiger partial charge in [0.05, 0.1) is 5.69 Å². The average Bonchev–Trinajstić information content (AvgIpc) is 2.69. The number of hydrogen-bond acceptors (Lipinski definition) is 4. The van der Waals surface area contributed by atoms with Gasteiger partial charge in [0.25, 0.3) is 0 Å². The predicted octanol–water partition coefficient (Wildman–Crippen LogP) is 1.84. The number of hydrogen-bond donors (Lipinski definition) is 2. The van der Waals surface area contributed by atoms with E-state index in [2.05, 4.69) is 15.2 Å². The molecule has 0 fully saturated rings. The first-order valence-corrected chi connectivity index (χ1v) is 5.64. The Kier molecular flexibility index (Phi) is 3.45. The van der Waals surface area contributed by atoms with Crippen LogP contribution in [-0.4, -0.2) is 21.3 Å². The molecule has 1 aromatic carbocycles. The van der Waals surface area contributed by atoms with Gasteiger partial charge in [0, 0.05) is 12.5 Å². The summed E-state index contributed by atoms with van der Waals surface area (Å²) in [6.07, 6.45) is 0.402. The third-order valence-corrected chi connectivity index (χ3v) is 2.42. The summed E-state index contributed by atoms with van der Waals surface area (Å²) in [6.45, 7) is 3.71. The second-order valence-corrected chi connectivity index (χ2v) is 4.15. The van der Waals surface area contributed by atoms with Crippen molar-refractivity contribution in [1.29, 1.82) is 0 Å². The van der Waals surface area contributed by atoms with Crippen LogP contribution in [0.4, 0.5) is 10.1 Å². The highest BCUT2D eigenvalue weighted by Crippen LogP contribution is 2.19. The van der Waals surface area contributed by atoms with Crippen LogP contribution in [0.2, 0.25) is 0 Å². The molecule has 0 amide bonds. The quantitative estimate of drug-likeness (QED) is 0.812. The molecule has 0 bridgehead atoms. The highest BCUT2D eigenvalue weighted by atomic mass is 19.1. The van der Waals surface area contributed by atoms with Gasteiger partial charge < -0.3 is 10.5 Å². The van der Waals surface area contributed by atoms with Crippen molar-refractivity contribution in [3.05, 3.63) is 35.7 Å². The number of aromatic amines is 1. The summed E-state index contributed by atoms with van der Waals surface area (Å²) >= 11 is 0. The van der Waals surface area contributed by atoms with Crippen LogP contribution in [0, 0.1) is 12.7 Å². The molecule has 1 heterocycles. The highest BCUT2D eigenvalue weighted by molar-refractivity contribution is 5.43. The van der Waals surface area contributed by atoms with E-state index < -0.39 is 5.82 Å². The van der Waals surface area contributed by atoms with E-state index in [4.69, 9.17) is 10.5 Å². The van der Waals surface area contributed by atoms with Crippen molar-refractivity contribution in [2.24, 2.45) is 0 Å². The predicted molar refractivity (Wildman–Crippen MR) is 65.7 cm³/mol. The minimum Gasteiger partial charge on any atom is -0.490 e. The number of aryl methyl sites for hydroxylation is 1. The molecule has 0 unspecified atom stereocenters. The number of anilines is 1. The first-order chi connectivity index (χ1) is 8.54. The third kappa shape index (κ3) is 2.97. The molecule has 2 aromatic rings. The maximum Gasteiger partial charge on any atom is 0.154 e. The largest absolute Gasteiger partial charge is 0.490 e. The summed E-state index contributed by atoms with van der Waals surface area (Å²) < 4.78 is 18.8. The zero-order valence-corrected chi connectivity index (χ0v) is 10.3. The Labute approximate surface area is 104 Å². The number of benzene rings is 1. The maximum absolute atomic E-state index is 13.2. The summed E-state index contributed by atoms with van der Waals surface area (Å²) in [4.78, 5) is 4.18. The van der Waals surface area contributed by atoms with E-state index in [9.17, 15) is 4.39 Å². The lowest BCUT2D eigenvalue weighted by Gasteiger charge is -2.13. The second kappa shape index (κ2) is 5.03. The molecule has 0 aliphatic rings. The number of nitrogens with one attached hydrogen (secondary N) is 1. The zero-order valence-electron chi connectivity index (χ0n) is 10.3. The van der Waals surface area contributed by atoms with Gasteiger partial charge in [-0.2, -0.15) is 5.10 Å². The fourth-order valence-electron chi connectivity index (χ4n) is 1.59. The highest BCUT2D eigenvalue weighted by Gasteiger charge is 2.10. The molecule has 18 heavy (non-hydrogen) atoms. The monoisotopic (exact) mass is 250 g/mol. The molecule has 0 radical (unpaired) electrons. The van der Waals surface area contributed by atoms with Gasteiger partial charge in [-0.3, -0.25) is 5.10 Å². The summed E-state index contributed by atoms with van der Waals surface area (Å²) in [5.74, 6) is 1.40. The molecule has 0 saturated heterocycles. The van der Waals surface area contributed by atoms with Crippen LogP contribution in [0.3, 0.4) is 0 Å². The number of aromatic nitrogens is 3. The summed E-state index contributed by atoms with van der Waals surface area (Å²) in [5.41, 5.74) is 5.50. The summed E-state index contributed by atoms with van der Waals surface area (Å²) in [6, 6.07) is 4.39. The number of halogens is 1. The van der Waals surface area contributed by atoms with Crippen molar-refractivity contribution in [3.8, 4) is 5.75 Å². The third-order valence-electron chi connectivity index (χ3n) is 2.42. The van der Waals surface area contributed by atoms with Crippen molar-refractivity contribution in [2.45, 2.75) is 26.4 Å². The molecule has 0 aliphatic carbocycles. The van der Waals surface area contributed by atoms with Gasteiger partial charge in [-0.25, -0.2) is 9.37 Å². The molecular weight excluding hydrogens is 235 g/mol. The molecule has 1 aromatic heterocycles. The lowest BCUT2D eigenvalue weighted by molar-refractivity contribution is 0.218. The SMILES string of the molecule is Cc1nc(C[C@H](C)Oc2ccc(N)c(F)c2)n[nH]1. The van der Waals surface area contributed by atoms with Gasteiger partial charge in [0.15, 0.2) is 5.82 Å². The second-order valence-electron chi connectivity index (χ2n) is 4.15. The van der Waals surface area contributed by atoms with E-state index in [0.717, 1.165) is 5.82 Å². The summed E-state index contributed by atoms with van der Waals surface area (Å²) in [5, 5.41) is 6.78. The number of nitrogen functional groups attached to an aromatic ring is 1. The van der Waals surface area contributed by atoms with Gasteiger partial charge in [-0.1, -0.05) is 0 Å². The Hall–Kier alpha value is -2.11. The Morgan fingerprint density at radius 3 is 2.89 bits per heavy atom. The van der Waals surface area contributed by atoms with E-state index in [1.807, 2.05) is 13.8 Å². The van der Waals surface area contributed by atoms with Crippen molar-refractivity contribution >= 4 is 5.69 Å². The van der Waals surface area contributed by atoms with Crippen molar-refractivity contribution in [1.82, 2.24) is 15.2 Å². The fraction of sp³-hybridized carbons (Fsp3) is 0.333. The van der Waals surface area contributed by atoms with Gasteiger partial charge >= 0.3 is 0 Å². The normalized spacial score (nSPS) is 12.4. The Morgan fingerprint density at radius 1 is 1.50 bits per heavy atom. The van der Waals surface area contributed by atoms with E-state index in [-0.39, 0.29) is 11.8 Å². The van der Waals surface area contributed by atoms with Crippen molar-refractivity contribution < 1.29 is 9.13 Å². The topological polar surface area (TPSA) is 76.8 Å². The van der Waals surface area contributed by atoms with Crippen LogP contribution in [0.25, 0.3) is 0 Å². The van der Waals surface area contributed by atoms with E-state index in [0.29, 0.717) is 18.0 Å². The standard InChI is InChI=1S/C12H15FN4O/c1-7(5-12-15-8(2)16-17-12)18-9-3-4-11(14)10(13)6-9/h3-4,6-7H,5,14H2,1-2H3,(H,15,16,17)/t7-/m0/s1. The van der Waals surface area contributed by atoms with Crippen LogP contribution in [0.1, 0.15) is 18.6 Å². The van der Waals surface area contributed by atoms with Gasteiger partial charge in [0.2, 0.25) is 0 Å². The van der Waals surface area contributed by atoms with E-state index in [1.165, 1.54) is 12.1 Å². The zero-order chi connectivity index (χ0) is 13.1. The van der Waals surface area contributed by atoms with Crippen molar-refractivity contribution in [3.63, 3.8) is 0 Å². The van der Waals surface area contributed by atoms with E-state index in [1.54, 1.807) is 6.07 Å². The number of ether oxygens (including phenoxy) is 1. The van der Waals surface area contributed by atoms with Gasteiger partial charge in [0.1, 0.15) is 23.5 Å². The molecule has 3 N–H and O–H groups in total. The minimum atomic E-state index is -0.478. The number of nitrogens with zero attached hydrogens (tertiary/aromatic N) is 2. The number of rotatable bonds is 4. The molecular formula is C12H15FN4O. The van der Waals surface area contributed by atoms with Gasteiger partial charge in [-0.15, -0.1) is 0 Å². The number of nitrogens with two attached hydrogens (primary N) is 1. The van der Waals surface area contributed by atoms with Crippen LogP contribution >= 0.6 is 0 Å². The molecule has 5 nitrogen and oxygen atoms in total. The first kappa shape index (κ1) is 12.3. The Bertz CT molecular complexity index is 541. The molecule has 0 saturated carbocycles. The van der Waals surface area contributed by atoms with Crippen molar-refractivity contribution in [2.75, 3.05) is 5.73 Å². The molecule has 1 atom stereocenters. The number of H-pyrrole nitrogens is 1. The maximum atomic E-state index is 13.2. The van der Waals surface area contributed by atoms with Crippen LogP contribution < -0.4 is 10.5 Å². The van der Waals surface area contributed by atoms with Crippen LogP contribution in [-0.2, 0) is 6.42 Å². The minimum absolute atomic E-state index is 0.111. The van der Waals surface area contributed by atoms with Crippen LogP contribution in [0.5, 0.6) is 5.75 Å². The van der Waals surface area contributed by atoms with Gasteiger partial charge in [-0.05, 0) is 26.0 Å². The summed E-state index contributed by atoms with van der Waals surface area (Å²) in [7, 11) is 0. The lowest BCUT2D eigenvalue weighted by atomic mass is 10.2. The molecule has 6 heteroatoms. The Balaban J connectivity index is 1.98. The molecule has 0 spiro atoms. The lowest BCUT2D eigenvalue weighted by Crippen LogP contribution is -2.16.